The second-order valence-corrected chi connectivity index (χ2v) is 10.2. The van der Waals surface area contributed by atoms with Crippen LogP contribution in [-0.4, -0.2) is 20.9 Å². The van der Waals surface area contributed by atoms with Gasteiger partial charge >= 0.3 is 0 Å². The second kappa shape index (κ2) is 9.17. The number of carbonyl (C=O) groups is 1. The van der Waals surface area contributed by atoms with Crippen molar-refractivity contribution in [2.45, 2.75) is 44.0 Å². The molecule has 3 aromatic rings. The SMILES string of the molecule is Cc1cccc(N(CC(=O)N[C@H](C)c2ccc3c(c2)CCC3)S(=O)(=O)c2ccccc2)c1. The molecule has 32 heavy (non-hydrogen) atoms. The van der Waals surface area contributed by atoms with Crippen molar-refractivity contribution < 1.29 is 13.2 Å². The number of hydrogen-bond donors (Lipinski definition) is 1. The summed E-state index contributed by atoms with van der Waals surface area (Å²) >= 11 is 0. The summed E-state index contributed by atoms with van der Waals surface area (Å²) in [5.41, 5.74) is 5.15. The first-order chi connectivity index (χ1) is 15.3. The van der Waals surface area contributed by atoms with Crippen LogP contribution in [0.3, 0.4) is 0 Å². The van der Waals surface area contributed by atoms with E-state index in [0.29, 0.717) is 5.69 Å². The highest BCUT2D eigenvalue weighted by molar-refractivity contribution is 7.92. The molecule has 6 heteroatoms. The molecular formula is C26H28N2O3S. The van der Waals surface area contributed by atoms with Crippen molar-refractivity contribution in [2.75, 3.05) is 10.8 Å². The van der Waals surface area contributed by atoms with Gasteiger partial charge in [-0.15, -0.1) is 0 Å². The average molecular weight is 449 g/mol. The van der Waals surface area contributed by atoms with Crippen molar-refractivity contribution in [3.8, 4) is 0 Å². The molecule has 0 radical (unpaired) electrons. The maximum Gasteiger partial charge on any atom is 0.264 e. The molecule has 0 saturated heterocycles. The van der Waals surface area contributed by atoms with Gasteiger partial charge < -0.3 is 5.32 Å². The van der Waals surface area contributed by atoms with Crippen LogP contribution in [0.2, 0.25) is 0 Å². The summed E-state index contributed by atoms with van der Waals surface area (Å²) in [7, 11) is -3.90. The molecule has 0 bridgehead atoms. The highest BCUT2D eigenvalue weighted by Gasteiger charge is 2.27. The topological polar surface area (TPSA) is 66.5 Å². The van der Waals surface area contributed by atoms with Gasteiger partial charge in [-0.3, -0.25) is 9.10 Å². The van der Waals surface area contributed by atoms with Crippen LogP contribution in [0.4, 0.5) is 5.69 Å². The molecule has 166 valence electrons. The zero-order valence-corrected chi connectivity index (χ0v) is 19.2. The van der Waals surface area contributed by atoms with Crippen LogP contribution >= 0.6 is 0 Å². The smallest absolute Gasteiger partial charge is 0.264 e. The highest BCUT2D eigenvalue weighted by Crippen LogP contribution is 2.26. The van der Waals surface area contributed by atoms with Crippen LogP contribution < -0.4 is 9.62 Å². The number of rotatable bonds is 7. The van der Waals surface area contributed by atoms with E-state index in [1.807, 2.05) is 26.0 Å². The Bertz CT molecular complexity index is 1220. The van der Waals surface area contributed by atoms with Crippen molar-refractivity contribution in [1.82, 2.24) is 5.32 Å². The lowest BCUT2D eigenvalue weighted by Crippen LogP contribution is -2.41. The van der Waals surface area contributed by atoms with Gasteiger partial charge in [0.1, 0.15) is 6.54 Å². The Balaban J connectivity index is 1.57. The van der Waals surface area contributed by atoms with Crippen LogP contribution in [0, 0.1) is 6.92 Å². The predicted octanol–water partition coefficient (Wildman–Crippen LogP) is 4.56. The molecule has 0 aromatic heterocycles. The van der Waals surface area contributed by atoms with Crippen LogP contribution in [0.25, 0.3) is 0 Å². The van der Waals surface area contributed by atoms with Gasteiger partial charge in [-0.2, -0.15) is 0 Å². The van der Waals surface area contributed by atoms with E-state index in [1.54, 1.807) is 48.5 Å². The number of carbonyl (C=O) groups excluding carboxylic acids is 1. The van der Waals surface area contributed by atoms with E-state index in [4.69, 9.17) is 0 Å². The molecular weight excluding hydrogens is 420 g/mol. The molecule has 1 amide bonds. The molecule has 0 heterocycles. The molecule has 0 unspecified atom stereocenters. The fourth-order valence-corrected chi connectivity index (χ4v) is 5.61. The number of benzene rings is 3. The van der Waals surface area contributed by atoms with Gasteiger partial charge in [-0.1, -0.05) is 48.5 Å². The Hall–Kier alpha value is -3.12. The summed E-state index contributed by atoms with van der Waals surface area (Å²) in [4.78, 5) is 13.1. The van der Waals surface area contributed by atoms with Crippen LogP contribution in [0.1, 0.15) is 41.6 Å². The molecule has 1 aliphatic carbocycles. The van der Waals surface area contributed by atoms with E-state index >= 15 is 0 Å². The highest BCUT2D eigenvalue weighted by atomic mass is 32.2. The van der Waals surface area contributed by atoms with E-state index in [-0.39, 0.29) is 23.4 Å². The fourth-order valence-electron chi connectivity index (χ4n) is 4.18. The van der Waals surface area contributed by atoms with Crippen molar-refractivity contribution in [1.29, 1.82) is 0 Å². The lowest BCUT2D eigenvalue weighted by Gasteiger charge is -2.25. The number of aryl methyl sites for hydroxylation is 3. The maximum atomic E-state index is 13.4. The lowest BCUT2D eigenvalue weighted by atomic mass is 10.0. The van der Waals surface area contributed by atoms with Crippen molar-refractivity contribution in [2.24, 2.45) is 0 Å². The zero-order valence-electron chi connectivity index (χ0n) is 18.4. The van der Waals surface area contributed by atoms with E-state index in [2.05, 4.69) is 17.4 Å². The monoisotopic (exact) mass is 448 g/mol. The van der Waals surface area contributed by atoms with Gasteiger partial charge in [0.15, 0.2) is 0 Å². The van der Waals surface area contributed by atoms with Crippen molar-refractivity contribution in [3.63, 3.8) is 0 Å². The summed E-state index contributed by atoms with van der Waals surface area (Å²) < 4.78 is 28.0. The summed E-state index contributed by atoms with van der Waals surface area (Å²) in [5.74, 6) is -0.348. The zero-order chi connectivity index (χ0) is 22.7. The van der Waals surface area contributed by atoms with Gasteiger partial charge in [-0.05, 0) is 79.6 Å². The van der Waals surface area contributed by atoms with E-state index < -0.39 is 10.0 Å². The number of amides is 1. The van der Waals surface area contributed by atoms with Gasteiger partial charge in [-0.25, -0.2) is 8.42 Å². The third-order valence-electron chi connectivity index (χ3n) is 5.91. The first-order valence-electron chi connectivity index (χ1n) is 10.9. The first-order valence-corrected chi connectivity index (χ1v) is 12.3. The van der Waals surface area contributed by atoms with Gasteiger partial charge in [0.2, 0.25) is 5.91 Å². The molecule has 4 rings (SSSR count). The van der Waals surface area contributed by atoms with Crippen LogP contribution in [0.15, 0.2) is 77.7 Å². The second-order valence-electron chi connectivity index (χ2n) is 8.33. The Labute approximate surface area is 190 Å². The molecule has 0 fully saturated rings. The van der Waals surface area contributed by atoms with E-state index in [1.165, 1.54) is 21.9 Å². The molecule has 0 aliphatic heterocycles. The van der Waals surface area contributed by atoms with Crippen molar-refractivity contribution in [3.05, 3.63) is 95.1 Å². The molecule has 5 nitrogen and oxygen atoms in total. The van der Waals surface area contributed by atoms with E-state index in [9.17, 15) is 13.2 Å². The number of nitrogens with zero attached hydrogens (tertiary/aromatic N) is 1. The Kier molecular flexibility index (Phi) is 6.33. The molecule has 0 spiro atoms. The van der Waals surface area contributed by atoms with Gasteiger partial charge in [0.25, 0.3) is 10.0 Å². The van der Waals surface area contributed by atoms with Gasteiger partial charge in [0.05, 0.1) is 16.6 Å². The van der Waals surface area contributed by atoms with E-state index in [0.717, 1.165) is 24.0 Å². The van der Waals surface area contributed by atoms with Gasteiger partial charge in [0, 0.05) is 0 Å². The Morgan fingerprint density at radius 1 is 0.969 bits per heavy atom. The summed E-state index contributed by atoms with van der Waals surface area (Å²) in [5, 5.41) is 2.98. The summed E-state index contributed by atoms with van der Waals surface area (Å²) in [6.45, 7) is 3.53. The first kappa shape index (κ1) is 22.1. The van der Waals surface area contributed by atoms with Crippen molar-refractivity contribution >= 4 is 21.6 Å². The van der Waals surface area contributed by atoms with Crippen LogP contribution in [0.5, 0.6) is 0 Å². The molecule has 1 N–H and O–H groups in total. The third-order valence-corrected chi connectivity index (χ3v) is 7.70. The number of sulfonamides is 1. The standard InChI is InChI=1S/C26H28N2O3S/c1-19-8-6-11-24(16-19)28(32(30,31)25-12-4-3-5-13-25)18-26(29)27-20(2)22-15-14-21-9-7-10-23(21)17-22/h3-6,8,11-17,20H,7,9-10,18H2,1-2H3,(H,27,29)/t20-/m1/s1. The minimum absolute atomic E-state index is 0.154. The molecule has 1 atom stereocenters. The fraction of sp³-hybridized carbons (Fsp3) is 0.269. The van der Waals surface area contributed by atoms with Crippen LogP contribution in [-0.2, 0) is 27.7 Å². The number of hydrogen-bond acceptors (Lipinski definition) is 3. The number of anilines is 1. The minimum Gasteiger partial charge on any atom is -0.348 e. The summed E-state index contributed by atoms with van der Waals surface area (Å²) in [6.07, 6.45) is 3.35. The summed E-state index contributed by atoms with van der Waals surface area (Å²) in [6, 6.07) is 21.5. The lowest BCUT2D eigenvalue weighted by molar-refractivity contribution is -0.120. The Morgan fingerprint density at radius 3 is 2.47 bits per heavy atom. The maximum absolute atomic E-state index is 13.4. The number of nitrogens with one attached hydrogen (secondary N) is 1. The third kappa shape index (κ3) is 4.70. The Morgan fingerprint density at radius 2 is 1.72 bits per heavy atom. The largest absolute Gasteiger partial charge is 0.348 e. The average Bonchev–Trinajstić information content (AvgIpc) is 3.26. The quantitative estimate of drug-likeness (QED) is 0.576. The molecule has 3 aromatic carbocycles. The minimum atomic E-state index is -3.90. The predicted molar refractivity (Wildman–Crippen MR) is 127 cm³/mol. The normalized spacial score (nSPS) is 13.9. The number of fused-ring (bicyclic) bond motifs is 1. The molecule has 1 aliphatic rings. The molecule has 0 saturated carbocycles.